The van der Waals surface area contributed by atoms with Crippen molar-refractivity contribution in [2.45, 2.75) is 19.4 Å². The quantitative estimate of drug-likeness (QED) is 0.564. The molecule has 0 bridgehead atoms. The highest BCUT2D eigenvalue weighted by molar-refractivity contribution is 7.18. The van der Waals surface area contributed by atoms with Crippen molar-refractivity contribution in [1.82, 2.24) is 15.5 Å². The van der Waals surface area contributed by atoms with E-state index in [9.17, 15) is 9.59 Å². The summed E-state index contributed by atoms with van der Waals surface area (Å²) in [6.45, 7) is 0.570. The largest absolute Gasteiger partial charge is 0.445 e. The van der Waals surface area contributed by atoms with Gasteiger partial charge in [-0.25, -0.2) is 4.79 Å². The molecule has 1 aromatic heterocycles. The average molecular weight is 396 g/mol. The molecular formula is C20H20N4O3S. The Labute approximate surface area is 166 Å². The van der Waals surface area contributed by atoms with Gasteiger partial charge in [-0.1, -0.05) is 72.0 Å². The van der Waals surface area contributed by atoms with Crippen LogP contribution in [-0.4, -0.2) is 28.7 Å². The van der Waals surface area contributed by atoms with E-state index in [0.29, 0.717) is 18.1 Å². The smallest absolute Gasteiger partial charge is 0.407 e. The standard InChI is InChI=1S/C20H20N4O3S/c25-17(22-19-24-23-18(28-19)16-10-5-2-6-11-16)12-7-13-21-20(26)27-14-15-8-3-1-4-9-15/h1-6,8-11H,7,12-14H2,(H,21,26)(H,22,24,25). The Bertz CT molecular complexity index is 900. The number of carbonyl (C=O) groups excluding carboxylic acids is 2. The van der Waals surface area contributed by atoms with Gasteiger partial charge in [-0.3, -0.25) is 4.79 Å². The van der Waals surface area contributed by atoms with E-state index in [4.69, 9.17) is 4.74 Å². The minimum absolute atomic E-state index is 0.171. The van der Waals surface area contributed by atoms with E-state index >= 15 is 0 Å². The van der Waals surface area contributed by atoms with Crippen molar-refractivity contribution >= 4 is 28.5 Å². The second kappa shape index (κ2) is 10.2. The molecule has 8 heteroatoms. The molecule has 28 heavy (non-hydrogen) atoms. The number of alkyl carbamates (subject to hydrolysis) is 1. The molecule has 144 valence electrons. The molecule has 1 heterocycles. The zero-order valence-electron chi connectivity index (χ0n) is 15.1. The van der Waals surface area contributed by atoms with Gasteiger partial charge in [0.2, 0.25) is 11.0 Å². The molecule has 3 rings (SSSR count). The van der Waals surface area contributed by atoms with E-state index in [1.807, 2.05) is 60.7 Å². The molecule has 0 aliphatic heterocycles. The monoisotopic (exact) mass is 396 g/mol. The van der Waals surface area contributed by atoms with Crippen LogP contribution < -0.4 is 10.6 Å². The summed E-state index contributed by atoms with van der Waals surface area (Å²) < 4.78 is 5.11. The Balaban J connectivity index is 1.32. The average Bonchev–Trinajstić information content (AvgIpc) is 3.19. The number of nitrogens with one attached hydrogen (secondary N) is 2. The highest BCUT2D eigenvalue weighted by Gasteiger charge is 2.10. The molecule has 0 saturated heterocycles. The molecule has 0 fully saturated rings. The zero-order chi connectivity index (χ0) is 19.6. The van der Waals surface area contributed by atoms with Crippen molar-refractivity contribution in [2.75, 3.05) is 11.9 Å². The molecule has 0 saturated carbocycles. The van der Waals surface area contributed by atoms with Crippen molar-refractivity contribution in [1.29, 1.82) is 0 Å². The van der Waals surface area contributed by atoms with E-state index in [0.717, 1.165) is 16.1 Å². The highest BCUT2D eigenvalue weighted by Crippen LogP contribution is 2.25. The molecule has 0 spiro atoms. The molecule has 0 aliphatic rings. The predicted molar refractivity (Wildman–Crippen MR) is 108 cm³/mol. The van der Waals surface area contributed by atoms with Crippen LogP contribution in [0.5, 0.6) is 0 Å². The Hall–Kier alpha value is -3.26. The van der Waals surface area contributed by atoms with E-state index in [1.165, 1.54) is 11.3 Å². The number of hydrogen-bond donors (Lipinski definition) is 2. The van der Waals surface area contributed by atoms with Crippen molar-refractivity contribution < 1.29 is 14.3 Å². The number of nitrogens with zero attached hydrogens (tertiary/aromatic N) is 2. The fourth-order valence-electron chi connectivity index (χ4n) is 2.37. The summed E-state index contributed by atoms with van der Waals surface area (Å²) >= 11 is 1.32. The lowest BCUT2D eigenvalue weighted by Crippen LogP contribution is -2.26. The molecule has 2 amide bonds. The van der Waals surface area contributed by atoms with Crippen LogP contribution in [0.25, 0.3) is 10.6 Å². The third-order valence-electron chi connectivity index (χ3n) is 3.75. The van der Waals surface area contributed by atoms with Gasteiger partial charge in [-0.05, 0) is 12.0 Å². The van der Waals surface area contributed by atoms with Crippen LogP contribution in [0.1, 0.15) is 18.4 Å². The molecule has 2 N–H and O–H groups in total. The van der Waals surface area contributed by atoms with Gasteiger partial charge in [0.05, 0.1) is 0 Å². The van der Waals surface area contributed by atoms with Gasteiger partial charge >= 0.3 is 6.09 Å². The maximum atomic E-state index is 12.0. The minimum atomic E-state index is -0.499. The molecule has 2 aromatic carbocycles. The first kappa shape index (κ1) is 19.5. The summed E-state index contributed by atoms with van der Waals surface area (Å²) in [7, 11) is 0. The fourth-order valence-corrected chi connectivity index (χ4v) is 3.13. The van der Waals surface area contributed by atoms with Crippen LogP contribution in [0, 0.1) is 0 Å². The van der Waals surface area contributed by atoms with E-state index in [2.05, 4.69) is 20.8 Å². The van der Waals surface area contributed by atoms with Gasteiger partial charge in [0.15, 0.2) is 0 Å². The van der Waals surface area contributed by atoms with Crippen LogP contribution in [-0.2, 0) is 16.1 Å². The van der Waals surface area contributed by atoms with Gasteiger partial charge in [-0.15, -0.1) is 10.2 Å². The topological polar surface area (TPSA) is 93.2 Å². The van der Waals surface area contributed by atoms with Gasteiger partial charge < -0.3 is 15.4 Å². The van der Waals surface area contributed by atoms with Crippen LogP contribution in [0.15, 0.2) is 60.7 Å². The third-order valence-corrected chi connectivity index (χ3v) is 4.64. The molecular weight excluding hydrogens is 376 g/mol. The third kappa shape index (κ3) is 6.17. The van der Waals surface area contributed by atoms with Crippen LogP contribution in [0.4, 0.5) is 9.93 Å². The lowest BCUT2D eigenvalue weighted by molar-refractivity contribution is -0.116. The maximum Gasteiger partial charge on any atom is 0.407 e. The van der Waals surface area contributed by atoms with Crippen molar-refractivity contribution in [3.63, 3.8) is 0 Å². The summed E-state index contributed by atoms with van der Waals surface area (Å²) in [6.07, 6.45) is 0.261. The maximum absolute atomic E-state index is 12.0. The number of rotatable bonds is 8. The number of ether oxygens (including phenoxy) is 1. The lowest BCUT2D eigenvalue weighted by Gasteiger charge is -2.07. The van der Waals surface area contributed by atoms with Crippen LogP contribution in [0.2, 0.25) is 0 Å². The first-order valence-electron chi connectivity index (χ1n) is 8.84. The Kier molecular flexibility index (Phi) is 7.08. The van der Waals surface area contributed by atoms with Gasteiger partial charge in [-0.2, -0.15) is 0 Å². The Morgan fingerprint density at radius 1 is 0.964 bits per heavy atom. The van der Waals surface area contributed by atoms with Crippen molar-refractivity contribution in [3.05, 3.63) is 66.2 Å². The van der Waals surface area contributed by atoms with E-state index in [1.54, 1.807) is 0 Å². The van der Waals surface area contributed by atoms with Crippen molar-refractivity contribution in [3.8, 4) is 10.6 Å². The number of anilines is 1. The summed E-state index contributed by atoms with van der Waals surface area (Å²) in [6, 6.07) is 19.1. The van der Waals surface area contributed by atoms with Gasteiger partial charge in [0.25, 0.3) is 0 Å². The predicted octanol–water partition coefficient (Wildman–Crippen LogP) is 3.85. The minimum Gasteiger partial charge on any atom is -0.445 e. The number of aromatic nitrogens is 2. The molecule has 0 radical (unpaired) electrons. The number of carbonyl (C=O) groups is 2. The van der Waals surface area contributed by atoms with Crippen LogP contribution >= 0.6 is 11.3 Å². The summed E-state index contributed by atoms with van der Waals surface area (Å²) in [4.78, 5) is 23.6. The Morgan fingerprint density at radius 2 is 1.68 bits per heavy atom. The molecule has 3 aromatic rings. The molecule has 0 unspecified atom stereocenters. The number of benzene rings is 2. The second-order valence-electron chi connectivity index (χ2n) is 5.92. The van der Waals surface area contributed by atoms with Gasteiger partial charge in [0, 0.05) is 18.5 Å². The first-order valence-corrected chi connectivity index (χ1v) is 9.66. The summed E-state index contributed by atoms with van der Waals surface area (Å²) in [5.41, 5.74) is 1.88. The molecule has 0 aliphatic carbocycles. The molecule has 0 atom stereocenters. The normalized spacial score (nSPS) is 10.3. The second-order valence-corrected chi connectivity index (χ2v) is 6.90. The summed E-state index contributed by atoms with van der Waals surface area (Å²) in [5, 5.41) is 14.6. The first-order chi connectivity index (χ1) is 13.7. The fraction of sp³-hybridized carbons (Fsp3) is 0.200. The van der Waals surface area contributed by atoms with Crippen molar-refractivity contribution in [2.24, 2.45) is 0 Å². The van der Waals surface area contributed by atoms with Gasteiger partial charge in [0.1, 0.15) is 11.6 Å². The van der Waals surface area contributed by atoms with E-state index < -0.39 is 6.09 Å². The lowest BCUT2D eigenvalue weighted by atomic mass is 10.2. The number of hydrogen-bond acceptors (Lipinski definition) is 6. The SMILES string of the molecule is O=C(CCCNC(=O)OCc1ccccc1)Nc1nnc(-c2ccccc2)s1. The molecule has 7 nitrogen and oxygen atoms in total. The highest BCUT2D eigenvalue weighted by atomic mass is 32.1. The zero-order valence-corrected chi connectivity index (χ0v) is 15.9. The number of amides is 2. The summed E-state index contributed by atoms with van der Waals surface area (Å²) in [5.74, 6) is -0.171. The van der Waals surface area contributed by atoms with Crippen LogP contribution in [0.3, 0.4) is 0 Å². The Morgan fingerprint density at radius 3 is 2.43 bits per heavy atom. The van der Waals surface area contributed by atoms with E-state index in [-0.39, 0.29) is 18.9 Å².